The summed E-state index contributed by atoms with van der Waals surface area (Å²) in [5, 5.41) is 0. The van der Waals surface area contributed by atoms with Gasteiger partial charge in [-0.3, -0.25) is 0 Å². The maximum absolute atomic E-state index is 13.9. The van der Waals surface area contributed by atoms with Crippen LogP contribution in [0.25, 0.3) is 11.1 Å². The van der Waals surface area contributed by atoms with Crippen molar-refractivity contribution in [3.8, 4) is 0 Å². The zero-order valence-electron chi connectivity index (χ0n) is 10.1. The first-order valence-corrected chi connectivity index (χ1v) is 5.98. The number of benzene rings is 2. The lowest BCUT2D eigenvalue weighted by Crippen LogP contribution is -2.00. The number of hydrogen-bond acceptors (Lipinski definition) is 2. The third kappa shape index (κ3) is 2.03. The van der Waals surface area contributed by atoms with Crippen LogP contribution in [0.4, 0.5) is 4.39 Å². The van der Waals surface area contributed by atoms with Crippen LogP contribution in [0.1, 0.15) is 11.1 Å². The molecule has 19 heavy (non-hydrogen) atoms. The van der Waals surface area contributed by atoms with E-state index in [4.69, 9.17) is 4.74 Å². The Hall–Kier alpha value is -2.42. The van der Waals surface area contributed by atoms with Gasteiger partial charge in [-0.1, -0.05) is 48.5 Å². The molecule has 0 fully saturated rings. The summed E-state index contributed by atoms with van der Waals surface area (Å²) in [4.78, 5) is 11.9. The summed E-state index contributed by atoms with van der Waals surface area (Å²) in [6.07, 6.45) is 0. The summed E-state index contributed by atoms with van der Waals surface area (Å²) in [5.41, 5.74) is 2.23. The molecule has 0 amide bonds. The van der Waals surface area contributed by atoms with E-state index in [0.717, 1.165) is 11.1 Å². The smallest absolute Gasteiger partial charge is 0.339 e. The average molecular weight is 254 g/mol. The molecule has 3 heteroatoms. The van der Waals surface area contributed by atoms with E-state index in [1.165, 1.54) is 6.07 Å². The van der Waals surface area contributed by atoms with Crippen molar-refractivity contribution in [1.82, 2.24) is 0 Å². The fourth-order valence-corrected chi connectivity index (χ4v) is 2.21. The zero-order valence-corrected chi connectivity index (χ0v) is 10.1. The van der Waals surface area contributed by atoms with Crippen LogP contribution in [0.15, 0.2) is 54.6 Å². The van der Waals surface area contributed by atoms with Gasteiger partial charge in [0.15, 0.2) is 0 Å². The normalized spacial score (nSPS) is 14.7. The van der Waals surface area contributed by atoms with Crippen LogP contribution in [0.2, 0.25) is 0 Å². The molecule has 0 aromatic heterocycles. The van der Waals surface area contributed by atoms with Crippen molar-refractivity contribution in [3.05, 3.63) is 71.5 Å². The lowest BCUT2D eigenvalue weighted by atomic mass is 9.96. The maximum atomic E-state index is 13.9. The van der Waals surface area contributed by atoms with Crippen LogP contribution >= 0.6 is 0 Å². The number of cyclic esters (lactones) is 1. The molecule has 2 aromatic carbocycles. The molecule has 0 spiro atoms. The van der Waals surface area contributed by atoms with Gasteiger partial charge in [-0.25, -0.2) is 9.18 Å². The molecule has 0 atom stereocenters. The lowest BCUT2D eigenvalue weighted by Gasteiger charge is -2.05. The molecule has 1 heterocycles. The van der Waals surface area contributed by atoms with E-state index in [2.05, 4.69) is 0 Å². The van der Waals surface area contributed by atoms with Crippen LogP contribution in [-0.4, -0.2) is 12.6 Å². The molecule has 94 valence electrons. The molecule has 0 N–H and O–H groups in total. The molecule has 0 radical (unpaired) electrons. The highest BCUT2D eigenvalue weighted by molar-refractivity contribution is 6.27. The van der Waals surface area contributed by atoms with Gasteiger partial charge < -0.3 is 4.74 Å². The fraction of sp³-hybridized carbons (Fsp3) is 0.0625. The van der Waals surface area contributed by atoms with Gasteiger partial charge in [0.2, 0.25) is 0 Å². The maximum Gasteiger partial charge on any atom is 0.339 e. The second-order valence-corrected chi connectivity index (χ2v) is 4.28. The Kier molecular flexibility index (Phi) is 2.88. The minimum atomic E-state index is -0.469. The second-order valence-electron chi connectivity index (χ2n) is 4.28. The SMILES string of the molecule is O=C1OCC(c2ccccc2)=C1c1ccccc1F. The number of esters is 1. The summed E-state index contributed by atoms with van der Waals surface area (Å²) in [7, 11) is 0. The molecule has 1 aliphatic rings. The van der Waals surface area contributed by atoms with E-state index in [0.29, 0.717) is 11.1 Å². The van der Waals surface area contributed by atoms with E-state index in [-0.39, 0.29) is 6.61 Å². The van der Waals surface area contributed by atoms with E-state index in [1.54, 1.807) is 18.2 Å². The quantitative estimate of drug-likeness (QED) is 0.769. The number of hydrogen-bond donors (Lipinski definition) is 0. The molecule has 0 saturated heterocycles. The van der Waals surface area contributed by atoms with E-state index in [9.17, 15) is 9.18 Å². The van der Waals surface area contributed by atoms with Crippen LogP contribution in [-0.2, 0) is 9.53 Å². The summed E-state index contributed by atoms with van der Waals surface area (Å²) in [5.74, 6) is -0.881. The van der Waals surface area contributed by atoms with Crippen molar-refractivity contribution in [2.24, 2.45) is 0 Å². The molecule has 0 aliphatic carbocycles. The monoisotopic (exact) mass is 254 g/mol. The summed E-state index contributed by atoms with van der Waals surface area (Å²) in [6, 6.07) is 15.7. The standard InChI is InChI=1S/C16H11FO2/c17-14-9-5-4-8-12(14)15-13(10-19-16(15)18)11-6-2-1-3-7-11/h1-9H,10H2. The molecule has 2 nitrogen and oxygen atoms in total. The second kappa shape index (κ2) is 4.69. The molecular formula is C16H11FO2. The molecule has 3 rings (SSSR count). The number of ether oxygens (including phenoxy) is 1. The Morgan fingerprint density at radius 1 is 0.947 bits per heavy atom. The van der Waals surface area contributed by atoms with Gasteiger partial charge in [0.1, 0.15) is 12.4 Å². The fourth-order valence-electron chi connectivity index (χ4n) is 2.21. The minimum Gasteiger partial charge on any atom is -0.457 e. The van der Waals surface area contributed by atoms with Crippen molar-refractivity contribution < 1.29 is 13.9 Å². The van der Waals surface area contributed by atoms with Gasteiger partial charge >= 0.3 is 5.97 Å². The minimum absolute atomic E-state index is 0.187. The highest BCUT2D eigenvalue weighted by atomic mass is 19.1. The summed E-state index contributed by atoms with van der Waals surface area (Å²) < 4.78 is 18.9. The summed E-state index contributed by atoms with van der Waals surface area (Å²) in [6.45, 7) is 0.187. The highest BCUT2D eigenvalue weighted by Crippen LogP contribution is 2.33. The van der Waals surface area contributed by atoms with Gasteiger partial charge in [0, 0.05) is 11.1 Å². The van der Waals surface area contributed by atoms with Crippen molar-refractivity contribution in [2.45, 2.75) is 0 Å². The largest absolute Gasteiger partial charge is 0.457 e. The summed E-state index contributed by atoms with van der Waals surface area (Å²) >= 11 is 0. The Morgan fingerprint density at radius 2 is 1.63 bits per heavy atom. The van der Waals surface area contributed by atoms with Crippen molar-refractivity contribution >= 4 is 17.1 Å². The highest BCUT2D eigenvalue weighted by Gasteiger charge is 2.28. The number of carbonyl (C=O) groups excluding carboxylic acids is 1. The third-order valence-corrected chi connectivity index (χ3v) is 3.12. The van der Waals surface area contributed by atoms with Crippen molar-refractivity contribution in [1.29, 1.82) is 0 Å². The van der Waals surface area contributed by atoms with E-state index >= 15 is 0 Å². The average Bonchev–Trinajstić information content (AvgIpc) is 2.82. The van der Waals surface area contributed by atoms with Crippen molar-refractivity contribution in [2.75, 3.05) is 6.61 Å². The van der Waals surface area contributed by atoms with Gasteiger partial charge in [0.25, 0.3) is 0 Å². The van der Waals surface area contributed by atoms with Crippen LogP contribution in [0.5, 0.6) is 0 Å². The number of halogens is 1. The first-order chi connectivity index (χ1) is 9.27. The molecule has 1 aliphatic heterocycles. The van der Waals surface area contributed by atoms with Crippen molar-refractivity contribution in [3.63, 3.8) is 0 Å². The van der Waals surface area contributed by atoms with Crippen LogP contribution < -0.4 is 0 Å². The zero-order chi connectivity index (χ0) is 13.2. The van der Waals surface area contributed by atoms with Crippen LogP contribution in [0.3, 0.4) is 0 Å². The molecule has 0 bridgehead atoms. The first kappa shape index (κ1) is 11.7. The predicted molar refractivity (Wildman–Crippen MR) is 70.6 cm³/mol. The Morgan fingerprint density at radius 3 is 2.37 bits per heavy atom. The molecule has 0 unspecified atom stereocenters. The third-order valence-electron chi connectivity index (χ3n) is 3.12. The Labute approximate surface area is 110 Å². The van der Waals surface area contributed by atoms with E-state index in [1.807, 2.05) is 30.3 Å². The van der Waals surface area contributed by atoms with Gasteiger partial charge in [-0.15, -0.1) is 0 Å². The predicted octanol–water partition coefficient (Wildman–Crippen LogP) is 3.29. The molecule has 0 saturated carbocycles. The number of rotatable bonds is 2. The van der Waals surface area contributed by atoms with Crippen LogP contribution in [0, 0.1) is 5.82 Å². The molecule has 2 aromatic rings. The Balaban J connectivity index is 2.20. The van der Waals surface area contributed by atoms with E-state index < -0.39 is 11.8 Å². The topological polar surface area (TPSA) is 26.3 Å². The lowest BCUT2D eigenvalue weighted by molar-refractivity contribution is -0.133. The Bertz CT molecular complexity index is 659. The van der Waals surface area contributed by atoms with Gasteiger partial charge in [0.05, 0.1) is 5.57 Å². The first-order valence-electron chi connectivity index (χ1n) is 5.98. The molecular weight excluding hydrogens is 243 g/mol. The number of carbonyl (C=O) groups is 1. The van der Waals surface area contributed by atoms with Gasteiger partial charge in [-0.05, 0) is 11.6 Å². The van der Waals surface area contributed by atoms with Gasteiger partial charge in [-0.2, -0.15) is 0 Å².